The Morgan fingerprint density at radius 3 is 2.92 bits per heavy atom. The molecule has 1 saturated heterocycles. The van der Waals surface area contributed by atoms with Crippen molar-refractivity contribution in [3.63, 3.8) is 0 Å². The fraction of sp³-hybridized carbons (Fsp3) is 0.300. The van der Waals surface area contributed by atoms with Crippen molar-refractivity contribution in [2.75, 3.05) is 25.5 Å². The molecular formula is C20H21FN4O. The summed E-state index contributed by atoms with van der Waals surface area (Å²) in [5, 5.41) is 3.99. The first-order valence-corrected chi connectivity index (χ1v) is 8.72. The molecule has 1 aromatic heterocycles. The predicted molar refractivity (Wildman–Crippen MR) is 100 cm³/mol. The molecule has 0 amide bonds. The molecule has 1 aliphatic heterocycles. The molecule has 0 unspecified atom stereocenters. The summed E-state index contributed by atoms with van der Waals surface area (Å²) in [6.45, 7) is 4.03. The van der Waals surface area contributed by atoms with E-state index in [1.54, 1.807) is 18.3 Å². The Balaban J connectivity index is 1.60. The molecule has 4 rings (SSSR count). The number of anilines is 2. The summed E-state index contributed by atoms with van der Waals surface area (Å²) in [7, 11) is 2.11. The van der Waals surface area contributed by atoms with Crippen LogP contribution in [0.15, 0.2) is 42.6 Å². The fourth-order valence-electron chi connectivity index (χ4n) is 3.23. The largest absolute Gasteiger partial charge is 0.489 e. The van der Waals surface area contributed by atoms with Crippen molar-refractivity contribution >= 4 is 22.5 Å². The molecule has 1 aliphatic rings. The van der Waals surface area contributed by atoms with Crippen LogP contribution in [0.1, 0.15) is 12.0 Å². The highest BCUT2D eigenvalue weighted by molar-refractivity contribution is 5.81. The van der Waals surface area contributed by atoms with Crippen molar-refractivity contribution in [2.24, 2.45) is 0 Å². The smallest absolute Gasteiger partial charge is 0.227 e. The molecule has 134 valence electrons. The van der Waals surface area contributed by atoms with E-state index in [2.05, 4.69) is 27.2 Å². The maximum absolute atomic E-state index is 13.3. The van der Waals surface area contributed by atoms with Gasteiger partial charge in [-0.15, -0.1) is 0 Å². The number of hydrogen-bond acceptors (Lipinski definition) is 5. The third kappa shape index (κ3) is 3.60. The number of likely N-dealkylation sites (tertiary alicyclic amines) is 1. The zero-order valence-electron chi connectivity index (χ0n) is 14.9. The first kappa shape index (κ1) is 16.7. The van der Waals surface area contributed by atoms with E-state index in [0.29, 0.717) is 11.6 Å². The van der Waals surface area contributed by atoms with Gasteiger partial charge in [-0.2, -0.15) is 0 Å². The van der Waals surface area contributed by atoms with Crippen LogP contribution in [0.25, 0.3) is 10.9 Å². The molecule has 2 aromatic carbocycles. The molecule has 1 atom stereocenters. The van der Waals surface area contributed by atoms with Crippen LogP contribution in [0.3, 0.4) is 0 Å². The predicted octanol–water partition coefficient (Wildman–Crippen LogP) is 3.90. The summed E-state index contributed by atoms with van der Waals surface area (Å²) < 4.78 is 19.5. The van der Waals surface area contributed by atoms with Crippen LogP contribution in [-0.4, -0.2) is 41.1 Å². The number of ether oxygens (including phenoxy) is 1. The molecule has 0 saturated carbocycles. The normalized spacial score (nSPS) is 17.6. The minimum atomic E-state index is -0.302. The van der Waals surface area contributed by atoms with Crippen molar-refractivity contribution in [2.45, 2.75) is 19.4 Å². The minimum Gasteiger partial charge on any atom is -0.489 e. The van der Waals surface area contributed by atoms with Crippen LogP contribution >= 0.6 is 0 Å². The molecule has 0 bridgehead atoms. The van der Waals surface area contributed by atoms with Crippen LogP contribution in [0.4, 0.5) is 16.0 Å². The number of halogens is 1. The van der Waals surface area contributed by atoms with Gasteiger partial charge in [0.1, 0.15) is 17.7 Å². The molecule has 26 heavy (non-hydrogen) atoms. The van der Waals surface area contributed by atoms with Gasteiger partial charge < -0.3 is 15.0 Å². The summed E-state index contributed by atoms with van der Waals surface area (Å²) >= 11 is 0. The second-order valence-electron chi connectivity index (χ2n) is 6.80. The summed E-state index contributed by atoms with van der Waals surface area (Å²) in [5.74, 6) is 0.982. The Morgan fingerprint density at radius 2 is 2.15 bits per heavy atom. The quantitative estimate of drug-likeness (QED) is 0.772. The number of benzene rings is 2. The molecule has 0 radical (unpaired) electrons. The summed E-state index contributed by atoms with van der Waals surface area (Å²) in [6, 6.07) is 10.2. The molecule has 1 N–H and O–H groups in total. The highest BCUT2D eigenvalue weighted by Gasteiger charge is 2.21. The topological polar surface area (TPSA) is 50.3 Å². The number of nitrogens with zero attached hydrogens (tertiary/aromatic N) is 3. The van der Waals surface area contributed by atoms with E-state index in [4.69, 9.17) is 4.74 Å². The highest BCUT2D eigenvalue weighted by atomic mass is 19.1. The zero-order chi connectivity index (χ0) is 18.1. The maximum Gasteiger partial charge on any atom is 0.227 e. The second kappa shape index (κ2) is 6.88. The molecule has 5 nitrogen and oxygen atoms in total. The molecule has 0 aliphatic carbocycles. The maximum atomic E-state index is 13.3. The SMILES string of the molecule is Cc1cc2cnc(Nc3cccc(F)c3)nc2cc1O[C@@H]1CCN(C)C1. The Morgan fingerprint density at radius 1 is 1.27 bits per heavy atom. The lowest BCUT2D eigenvalue weighted by molar-refractivity contribution is 0.207. The van der Waals surface area contributed by atoms with Gasteiger partial charge in [0, 0.05) is 36.4 Å². The number of rotatable bonds is 4. The van der Waals surface area contributed by atoms with E-state index in [9.17, 15) is 4.39 Å². The Kier molecular flexibility index (Phi) is 4.42. The second-order valence-corrected chi connectivity index (χ2v) is 6.80. The molecule has 0 spiro atoms. The van der Waals surface area contributed by atoms with Crippen LogP contribution in [0, 0.1) is 12.7 Å². The molecule has 6 heteroatoms. The van der Waals surface area contributed by atoms with E-state index in [1.165, 1.54) is 12.1 Å². The number of nitrogens with one attached hydrogen (secondary N) is 1. The van der Waals surface area contributed by atoms with Crippen molar-refractivity contribution in [3.05, 3.63) is 54.0 Å². The zero-order valence-corrected chi connectivity index (χ0v) is 14.9. The van der Waals surface area contributed by atoms with Gasteiger partial charge in [-0.05, 0) is 50.2 Å². The lowest BCUT2D eigenvalue weighted by Crippen LogP contribution is -2.21. The number of aryl methyl sites for hydroxylation is 1. The average molecular weight is 352 g/mol. The van der Waals surface area contributed by atoms with Crippen LogP contribution in [0.5, 0.6) is 5.75 Å². The fourth-order valence-corrected chi connectivity index (χ4v) is 3.23. The standard InChI is InChI=1S/C20H21FN4O/c1-13-8-14-11-22-20(23-16-5-3-4-15(21)9-16)24-18(14)10-19(13)26-17-6-7-25(2)12-17/h3-5,8-11,17H,6-7,12H2,1-2H3,(H,22,23,24)/t17-/m1/s1. The van der Waals surface area contributed by atoms with Crippen molar-refractivity contribution in [1.82, 2.24) is 14.9 Å². The summed E-state index contributed by atoms with van der Waals surface area (Å²) in [4.78, 5) is 11.1. The van der Waals surface area contributed by atoms with Gasteiger partial charge in [-0.3, -0.25) is 0 Å². The van der Waals surface area contributed by atoms with Crippen LogP contribution in [-0.2, 0) is 0 Å². The average Bonchev–Trinajstić information content (AvgIpc) is 3.01. The molecule has 1 fully saturated rings. The first-order valence-electron chi connectivity index (χ1n) is 8.72. The van der Waals surface area contributed by atoms with Crippen molar-refractivity contribution in [1.29, 1.82) is 0 Å². The van der Waals surface area contributed by atoms with Crippen molar-refractivity contribution in [3.8, 4) is 5.75 Å². The van der Waals surface area contributed by atoms with Crippen LogP contribution in [0.2, 0.25) is 0 Å². The highest BCUT2D eigenvalue weighted by Crippen LogP contribution is 2.27. The number of likely N-dealkylation sites (N-methyl/N-ethyl adjacent to an activating group) is 1. The lowest BCUT2D eigenvalue weighted by atomic mass is 10.1. The molecular weight excluding hydrogens is 331 g/mol. The van der Waals surface area contributed by atoms with Gasteiger partial charge in [0.15, 0.2) is 0 Å². The molecule has 2 heterocycles. The Bertz CT molecular complexity index is 946. The van der Waals surface area contributed by atoms with Crippen molar-refractivity contribution < 1.29 is 9.13 Å². The number of fused-ring (bicyclic) bond motifs is 1. The lowest BCUT2D eigenvalue weighted by Gasteiger charge is -2.16. The summed E-state index contributed by atoms with van der Waals surface area (Å²) in [6.07, 6.45) is 3.01. The number of hydrogen-bond donors (Lipinski definition) is 1. The van der Waals surface area contributed by atoms with Gasteiger partial charge >= 0.3 is 0 Å². The third-order valence-corrected chi connectivity index (χ3v) is 4.60. The number of aromatic nitrogens is 2. The van der Waals surface area contributed by atoms with E-state index in [1.807, 2.05) is 19.1 Å². The Labute approximate surface area is 151 Å². The van der Waals surface area contributed by atoms with Gasteiger partial charge in [0.25, 0.3) is 0 Å². The van der Waals surface area contributed by atoms with Gasteiger partial charge in [0.2, 0.25) is 5.95 Å². The van der Waals surface area contributed by atoms with Gasteiger partial charge in [0.05, 0.1) is 5.52 Å². The first-order chi connectivity index (χ1) is 12.6. The molecule has 3 aromatic rings. The van der Waals surface area contributed by atoms with Gasteiger partial charge in [-0.1, -0.05) is 6.07 Å². The third-order valence-electron chi connectivity index (χ3n) is 4.60. The van der Waals surface area contributed by atoms with E-state index in [0.717, 1.165) is 41.7 Å². The Hall–Kier alpha value is -2.73. The van der Waals surface area contributed by atoms with Crippen LogP contribution < -0.4 is 10.1 Å². The van der Waals surface area contributed by atoms with E-state index < -0.39 is 0 Å². The summed E-state index contributed by atoms with van der Waals surface area (Å²) in [5.41, 5.74) is 2.48. The van der Waals surface area contributed by atoms with Gasteiger partial charge in [-0.25, -0.2) is 14.4 Å². The minimum absolute atomic E-state index is 0.211. The van der Waals surface area contributed by atoms with E-state index in [-0.39, 0.29) is 11.9 Å². The van der Waals surface area contributed by atoms with E-state index >= 15 is 0 Å². The monoisotopic (exact) mass is 352 g/mol.